The Hall–Kier alpha value is -0.830. The number of carbonyl (C=O) groups is 1. The Morgan fingerprint density at radius 3 is 2.19 bits per heavy atom. The predicted octanol–water partition coefficient (Wildman–Crippen LogP) is 0.427. The summed E-state index contributed by atoms with van der Waals surface area (Å²) in [6.07, 6.45) is -4.16. The van der Waals surface area contributed by atoms with Gasteiger partial charge in [-0.15, -0.1) is 0 Å². The lowest BCUT2D eigenvalue weighted by atomic mass is 10.6. The molecule has 0 spiro atoms. The van der Waals surface area contributed by atoms with E-state index in [1.165, 1.54) is 0 Å². The van der Waals surface area contributed by atoms with E-state index in [1.807, 2.05) is 0 Å². The third-order valence-electron chi connectivity index (χ3n) is 1.97. The lowest BCUT2D eigenvalue weighted by molar-refractivity contribution is -0.146. The van der Waals surface area contributed by atoms with Gasteiger partial charge in [-0.1, -0.05) is 0 Å². The van der Waals surface area contributed by atoms with Crippen LogP contribution in [0.3, 0.4) is 0 Å². The molecule has 1 fully saturated rings. The molecule has 0 amide bonds. The molecule has 9 heteroatoms. The molecular weight excluding hydrogens is 251 g/mol. The average molecular weight is 261 g/mol. The number of hydrogen-bond acceptors (Lipinski definition) is 3. The van der Waals surface area contributed by atoms with Crippen molar-refractivity contribution in [2.24, 2.45) is 0 Å². The molecule has 1 saturated carbocycles. The number of alkyl halides is 3. The second-order valence-electron chi connectivity index (χ2n) is 3.52. The standard InChI is InChI=1S/C7H10F3NO4S/c8-7(9,10)4-11(3-6(12)13)16(14,15)5-1-2-5/h5H,1-4H2,(H,12,13). The van der Waals surface area contributed by atoms with Gasteiger partial charge in [0.1, 0.15) is 13.1 Å². The summed E-state index contributed by atoms with van der Waals surface area (Å²) < 4.78 is 59.1. The molecule has 0 heterocycles. The molecule has 1 aliphatic rings. The lowest BCUT2D eigenvalue weighted by Gasteiger charge is -2.21. The maximum Gasteiger partial charge on any atom is 0.402 e. The van der Waals surface area contributed by atoms with Crippen LogP contribution in [-0.4, -0.2) is 48.3 Å². The van der Waals surface area contributed by atoms with Crippen molar-refractivity contribution in [2.45, 2.75) is 24.3 Å². The normalized spacial score (nSPS) is 17.8. The summed E-state index contributed by atoms with van der Waals surface area (Å²) in [6, 6.07) is 0. The molecule has 0 unspecified atom stereocenters. The third-order valence-corrected chi connectivity index (χ3v) is 4.26. The average Bonchev–Trinajstić information content (AvgIpc) is 2.80. The number of nitrogens with zero attached hydrogens (tertiary/aromatic N) is 1. The van der Waals surface area contributed by atoms with E-state index in [9.17, 15) is 26.4 Å². The molecule has 1 N–H and O–H groups in total. The van der Waals surface area contributed by atoms with E-state index >= 15 is 0 Å². The molecule has 0 atom stereocenters. The van der Waals surface area contributed by atoms with Crippen LogP contribution in [0, 0.1) is 0 Å². The zero-order chi connectivity index (χ0) is 12.6. The minimum absolute atomic E-state index is 0.0208. The Morgan fingerprint density at radius 1 is 1.38 bits per heavy atom. The van der Waals surface area contributed by atoms with Crippen molar-refractivity contribution in [3.63, 3.8) is 0 Å². The Balaban J connectivity index is 2.82. The zero-order valence-electron chi connectivity index (χ0n) is 8.07. The molecule has 0 aromatic heterocycles. The van der Waals surface area contributed by atoms with Crippen LogP contribution < -0.4 is 0 Å². The first-order chi connectivity index (χ1) is 7.13. The van der Waals surface area contributed by atoms with Gasteiger partial charge < -0.3 is 5.11 Å². The van der Waals surface area contributed by atoms with E-state index in [0.717, 1.165) is 0 Å². The van der Waals surface area contributed by atoms with Crippen LogP contribution in [0.1, 0.15) is 12.8 Å². The number of hydrogen-bond donors (Lipinski definition) is 1. The molecular formula is C7H10F3NO4S. The monoisotopic (exact) mass is 261 g/mol. The fraction of sp³-hybridized carbons (Fsp3) is 0.857. The fourth-order valence-corrected chi connectivity index (χ4v) is 2.93. The van der Waals surface area contributed by atoms with E-state index in [-0.39, 0.29) is 17.1 Å². The SMILES string of the molecule is O=C(O)CN(CC(F)(F)F)S(=O)(=O)C1CC1. The highest BCUT2D eigenvalue weighted by atomic mass is 32.2. The van der Waals surface area contributed by atoms with Gasteiger partial charge in [0.2, 0.25) is 10.0 Å². The minimum atomic E-state index is -4.74. The maximum absolute atomic E-state index is 12.1. The molecule has 1 rings (SSSR count). The van der Waals surface area contributed by atoms with Crippen LogP contribution in [0.5, 0.6) is 0 Å². The van der Waals surface area contributed by atoms with Gasteiger partial charge in [-0.2, -0.15) is 17.5 Å². The number of carboxylic acid groups (broad SMARTS) is 1. The van der Waals surface area contributed by atoms with Gasteiger partial charge in [-0.25, -0.2) is 8.42 Å². The number of aliphatic carboxylic acids is 1. The molecule has 94 valence electrons. The summed E-state index contributed by atoms with van der Waals surface area (Å²) in [4.78, 5) is 10.3. The van der Waals surface area contributed by atoms with Crippen LogP contribution in [0.4, 0.5) is 13.2 Å². The van der Waals surface area contributed by atoms with Crippen molar-refractivity contribution >= 4 is 16.0 Å². The number of carboxylic acids is 1. The van der Waals surface area contributed by atoms with Gasteiger partial charge in [0, 0.05) is 0 Å². The highest BCUT2D eigenvalue weighted by molar-refractivity contribution is 7.90. The topological polar surface area (TPSA) is 74.7 Å². The largest absolute Gasteiger partial charge is 0.480 e. The molecule has 0 aliphatic heterocycles. The molecule has 5 nitrogen and oxygen atoms in total. The molecule has 0 saturated heterocycles. The van der Waals surface area contributed by atoms with Crippen LogP contribution in [0.2, 0.25) is 0 Å². The zero-order valence-corrected chi connectivity index (χ0v) is 8.88. The van der Waals surface area contributed by atoms with E-state index in [1.54, 1.807) is 0 Å². The minimum Gasteiger partial charge on any atom is -0.480 e. The van der Waals surface area contributed by atoms with Gasteiger partial charge >= 0.3 is 12.1 Å². The summed E-state index contributed by atoms with van der Waals surface area (Å²) in [5, 5.41) is 7.52. The van der Waals surface area contributed by atoms with Crippen LogP contribution in [-0.2, 0) is 14.8 Å². The number of sulfonamides is 1. The van der Waals surface area contributed by atoms with Gasteiger partial charge in [-0.05, 0) is 12.8 Å². The predicted molar refractivity (Wildman–Crippen MR) is 47.2 cm³/mol. The van der Waals surface area contributed by atoms with Crippen LogP contribution in [0.15, 0.2) is 0 Å². The van der Waals surface area contributed by atoms with E-state index in [0.29, 0.717) is 0 Å². The third kappa shape index (κ3) is 3.63. The smallest absolute Gasteiger partial charge is 0.402 e. The van der Waals surface area contributed by atoms with Crippen molar-refractivity contribution in [3.8, 4) is 0 Å². The molecule has 1 aliphatic carbocycles. The summed E-state index contributed by atoms with van der Waals surface area (Å²) in [5.41, 5.74) is 0. The first-order valence-corrected chi connectivity index (χ1v) is 5.91. The Morgan fingerprint density at radius 2 is 1.88 bits per heavy atom. The molecule has 0 aromatic carbocycles. The first-order valence-electron chi connectivity index (χ1n) is 4.40. The van der Waals surface area contributed by atoms with Gasteiger partial charge in [0.15, 0.2) is 0 Å². The van der Waals surface area contributed by atoms with Gasteiger partial charge in [-0.3, -0.25) is 4.79 Å². The summed E-state index contributed by atoms with van der Waals surface area (Å²) in [7, 11) is -4.12. The lowest BCUT2D eigenvalue weighted by Crippen LogP contribution is -2.43. The summed E-state index contributed by atoms with van der Waals surface area (Å²) >= 11 is 0. The molecule has 0 aromatic rings. The Kier molecular flexibility index (Phi) is 3.48. The number of rotatable bonds is 5. The summed E-state index contributed by atoms with van der Waals surface area (Å²) in [6.45, 7) is -2.91. The van der Waals surface area contributed by atoms with Crippen molar-refractivity contribution < 1.29 is 31.5 Å². The Labute approximate surface area is 89.9 Å². The highest BCUT2D eigenvalue weighted by Gasteiger charge is 2.44. The van der Waals surface area contributed by atoms with E-state index in [2.05, 4.69) is 0 Å². The first kappa shape index (κ1) is 13.2. The second-order valence-corrected chi connectivity index (χ2v) is 5.73. The molecule has 0 bridgehead atoms. The highest BCUT2D eigenvalue weighted by Crippen LogP contribution is 2.32. The van der Waals surface area contributed by atoms with Crippen molar-refractivity contribution in [2.75, 3.05) is 13.1 Å². The van der Waals surface area contributed by atoms with Crippen LogP contribution in [0.25, 0.3) is 0 Å². The quantitative estimate of drug-likeness (QED) is 0.778. The summed E-state index contributed by atoms with van der Waals surface area (Å²) in [5.74, 6) is -1.60. The van der Waals surface area contributed by atoms with Gasteiger partial charge in [0.05, 0.1) is 5.25 Å². The van der Waals surface area contributed by atoms with E-state index in [4.69, 9.17) is 5.11 Å². The number of halogens is 3. The van der Waals surface area contributed by atoms with Crippen molar-refractivity contribution in [3.05, 3.63) is 0 Å². The van der Waals surface area contributed by atoms with E-state index < -0.39 is 40.5 Å². The Bertz CT molecular complexity index is 374. The van der Waals surface area contributed by atoms with Crippen molar-refractivity contribution in [1.29, 1.82) is 0 Å². The second kappa shape index (κ2) is 4.21. The van der Waals surface area contributed by atoms with Crippen LogP contribution >= 0.6 is 0 Å². The molecule has 16 heavy (non-hydrogen) atoms. The van der Waals surface area contributed by atoms with Gasteiger partial charge in [0.25, 0.3) is 0 Å². The maximum atomic E-state index is 12.1. The fourth-order valence-electron chi connectivity index (χ4n) is 1.16. The molecule has 0 radical (unpaired) electrons. The van der Waals surface area contributed by atoms with Crippen molar-refractivity contribution in [1.82, 2.24) is 4.31 Å².